The predicted octanol–water partition coefficient (Wildman–Crippen LogP) is 0.954. The van der Waals surface area contributed by atoms with Crippen molar-refractivity contribution in [3.8, 4) is 0 Å². The molecular weight excluding hydrogens is 233 g/mol. The van der Waals surface area contributed by atoms with E-state index in [9.17, 15) is 4.79 Å². The summed E-state index contributed by atoms with van der Waals surface area (Å²) >= 11 is 0. The Labute approximate surface area is 98.4 Å². The smallest absolute Gasteiger partial charge is 0.330 e. The first-order chi connectivity index (χ1) is 5.18. The standard InChI is InChI=1S/C8H13O3.Y/c1-7(2)8(9)11-6-4-5-10-3;/h4H,1,5-6H2,2-3H3;/q-1;. The van der Waals surface area contributed by atoms with Crippen LogP contribution >= 0.6 is 0 Å². The minimum Gasteiger partial charge on any atom is -0.495 e. The maximum atomic E-state index is 10.7. The molecule has 0 saturated heterocycles. The number of methoxy groups -OCH3 is 1. The van der Waals surface area contributed by atoms with Gasteiger partial charge in [0.15, 0.2) is 0 Å². The minimum atomic E-state index is -0.364. The van der Waals surface area contributed by atoms with E-state index < -0.39 is 0 Å². The molecule has 0 aromatic carbocycles. The number of rotatable bonds is 5. The molecule has 0 bridgehead atoms. The van der Waals surface area contributed by atoms with Crippen molar-refractivity contribution in [3.05, 3.63) is 18.6 Å². The zero-order valence-corrected chi connectivity index (χ0v) is 10.3. The number of carbonyl (C=O) groups is 1. The Balaban J connectivity index is 0. The molecule has 1 radical (unpaired) electrons. The average Bonchev–Trinajstić information content (AvgIpc) is 1.97. The summed E-state index contributed by atoms with van der Waals surface area (Å²) in [4.78, 5) is 10.7. The molecule has 0 aromatic heterocycles. The van der Waals surface area contributed by atoms with Crippen LogP contribution in [0.3, 0.4) is 0 Å². The van der Waals surface area contributed by atoms with E-state index in [0.717, 1.165) is 0 Å². The van der Waals surface area contributed by atoms with Crippen molar-refractivity contribution in [1.82, 2.24) is 0 Å². The van der Waals surface area contributed by atoms with E-state index in [1.807, 2.05) is 0 Å². The molecule has 0 spiro atoms. The monoisotopic (exact) mass is 246 g/mol. The molecule has 4 heteroatoms. The third kappa shape index (κ3) is 8.37. The second-order valence-corrected chi connectivity index (χ2v) is 2.12. The summed E-state index contributed by atoms with van der Waals surface area (Å²) < 4.78 is 9.45. The van der Waals surface area contributed by atoms with Crippen LogP contribution in [0.5, 0.6) is 0 Å². The minimum absolute atomic E-state index is 0. The topological polar surface area (TPSA) is 35.5 Å². The summed E-state index contributed by atoms with van der Waals surface area (Å²) in [6, 6.07) is 0. The van der Waals surface area contributed by atoms with Crippen molar-refractivity contribution in [1.29, 1.82) is 0 Å². The Morgan fingerprint density at radius 2 is 2.08 bits per heavy atom. The molecule has 0 rings (SSSR count). The SMILES string of the molecule is C=C(C)C(=O)OC[CH-]COC.[Y]. The Morgan fingerprint density at radius 3 is 2.50 bits per heavy atom. The van der Waals surface area contributed by atoms with Crippen LogP contribution in [0.25, 0.3) is 0 Å². The average molecular weight is 246 g/mol. The largest absolute Gasteiger partial charge is 0.495 e. The predicted molar refractivity (Wildman–Crippen MR) is 41.9 cm³/mol. The summed E-state index contributed by atoms with van der Waals surface area (Å²) in [5.74, 6) is -0.364. The number of hydrogen-bond donors (Lipinski definition) is 0. The molecule has 0 atom stereocenters. The summed E-state index contributed by atoms with van der Waals surface area (Å²) in [5, 5.41) is 0. The molecule has 0 aliphatic heterocycles. The summed E-state index contributed by atoms with van der Waals surface area (Å²) in [6.45, 7) is 5.81. The van der Waals surface area contributed by atoms with Crippen molar-refractivity contribution in [2.75, 3.05) is 20.3 Å². The summed E-state index contributed by atoms with van der Waals surface area (Å²) in [7, 11) is 1.58. The second-order valence-electron chi connectivity index (χ2n) is 2.12. The van der Waals surface area contributed by atoms with Gasteiger partial charge in [-0.2, -0.15) is 0 Å². The molecule has 0 aromatic rings. The van der Waals surface area contributed by atoms with E-state index in [4.69, 9.17) is 9.47 Å². The molecule has 12 heavy (non-hydrogen) atoms. The van der Waals surface area contributed by atoms with Gasteiger partial charge >= 0.3 is 5.97 Å². The fourth-order valence-corrected chi connectivity index (χ4v) is 0.424. The summed E-state index contributed by atoms with van der Waals surface area (Å²) in [5.41, 5.74) is 0.413. The molecule has 0 heterocycles. The van der Waals surface area contributed by atoms with Crippen LogP contribution in [0.15, 0.2) is 12.2 Å². The molecule has 0 aliphatic carbocycles. The first-order valence-corrected chi connectivity index (χ1v) is 3.31. The van der Waals surface area contributed by atoms with Crippen LogP contribution in [0.1, 0.15) is 6.92 Å². The number of esters is 1. The van der Waals surface area contributed by atoms with Gasteiger partial charge in [-0.1, -0.05) is 13.2 Å². The van der Waals surface area contributed by atoms with Gasteiger partial charge in [0.1, 0.15) is 0 Å². The van der Waals surface area contributed by atoms with Gasteiger partial charge in [-0.25, -0.2) is 4.79 Å². The molecule has 67 valence electrons. The Morgan fingerprint density at radius 1 is 1.50 bits per heavy atom. The van der Waals surface area contributed by atoms with Crippen LogP contribution in [-0.4, -0.2) is 26.3 Å². The van der Waals surface area contributed by atoms with Crippen LogP contribution in [-0.2, 0) is 47.0 Å². The van der Waals surface area contributed by atoms with Gasteiger partial charge in [0.05, 0.1) is 0 Å². The quantitative estimate of drug-likeness (QED) is 0.313. The fourth-order valence-electron chi connectivity index (χ4n) is 0.424. The molecule has 0 N–H and O–H groups in total. The van der Waals surface area contributed by atoms with Gasteiger partial charge in [-0.05, 0) is 13.5 Å². The van der Waals surface area contributed by atoms with Gasteiger partial charge < -0.3 is 9.47 Å². The third-order valence-electron chi connectivity index (χ3n) is 0.965. The first-order valence-electron chi connectivity index (χ1n) is 3.31. The zero-order valence-electron chi connectivity index (χ0n) is 7.50. The molecule has 3 nitrogen and oxygen atoms in total. The van der Waals surface area contributed by atoms with Crippen molar-refractivity contribution in [2.45, 2.75) is 6.92 Å². The van der Waals surface area contributed by atoms with Crippen molar-refractivity contribution < 1.29 is 47.0 Å². The zero-order chi connectivity index (χ0) is 8.69. The van der Waals surface area contributed by atoms with Gasteiger partial charge in [-0.3, -0.25) is 6.42 Å². The van der Waals surface area contributed by atoms with E-state index in [0.29, 0.717) is 12.2 Å². The van der Waals surface area contributed by atoms with Gasteiger partial charge in [-0.15, -0.1) is 0 Å². The first kappa shape index (κ1) is 14.8. The van der Waals surface area contributed by atoms with Crippen LogP contribution in [0, 0.1) is 6.42 Å². The van der Waals surface area contributed by atoms with Crippen molar-refractivity contribution in [3.63, 3.8) is 0 Å². The van der Waals surface area contributed by atoms with E-state index in [1.54, 1.807) is 20.5 Å². The Hall–Kier alpha value is 0.274. The molecule has 0 saturated carbocycles. The molecular formula is C8H13O3Y-. The van der Waals surface area contributed by atoms with Crippen LogP contribution in [0.2, 0.25) is 0 Å². The number of hydrogen-bond acceptors (Lipinski definition) is 3. The maximum absolute atomic E-state index is 10.7. The summed E-state index contributed by atoms with van der Waals surface area (Å²) in [6.07, 6.45) is 1.72. The number of carbonyl (C=O) groups excluding carboxylic acids is 1. The van der Waals surface area contributed by atoms with Crippen molar-refractivity contribution >= 4 is 5.97 Å². The van der Waals surface area contributed by atoms with Crippen LogP contribution in [0.4, 0.5) is 0 Å². The number of ether oxygens (including phenoxy) is 2. The van der Waals surface area contributed by atoms with E-state index in [1.165, 1.54) is 0 Å². The molecule has 0 fully saturated rings. The van der Waals surface area contributed by atoms with Crippen molar-refractivity contribution in [2.24, 2.45) is 0 Å². The third-order valence-corrected chi connectivity index (χ3v) is 0.965. The van der Waals surface area contributed by atoms with E-state index in [-0.39, 0.29) is 45.3 Å². The fraction of sp³-hybridized carbons (Fsp3) is 0.500. The van der Waals surface area contributed by atoms with Crippen LogP contribution < -0.4 is 0 Å². The Kier molecular flexibility index (Phi) is 11.5. The van der Waals surface area contributed by atoms with Gasteiger partial charge in [0.25, 0.3) is 0 Å². The normalized spacial score (nSPS) is 8.50. The second kappa shape index (κ2) is 9.36. The maximum Gasteiger partial charge on any atom is 0.330 e. The van der Waals surface area contributed by atoms with E-state index in [2.05, 4.69) is 6.58 Å². The molecule has 0 amide bonds. The van der Waals surface area contributed by atoms with Gasteiger partial charge in [0, 0.05) is 45.4 Å². The van der Waals surface area contributed by atoms with E-state index >= 15 is 0 Å². The molecule has 0 unspecified atom stereocenters. The Bertz CT molecular complexity index is 145. The molecule has 0 aliphatic rings. The van der Waals surface area contributed by atoms with Gasteiger partial charge in [0.2, 0.25) is 0 Å².